The van der Waals surface area contributed by atoms with Crippen LogP contribution in [0.2, 0.25) is 54.4 Å². The first-order valence-electron chi connectivity index (χ1n) is 21.9. The van der Waals surface area contributed by atoms with E-state index >= 15 is 4.79 Å². The van der Waals surface area contributed by atoms with Gasteiger partial charge in [0.05, 0.1) is 18.3 Å². The van der Waals surface area contributed by atoms with Crippen LogP contribution in [0.25, 0.3) is 11.1 Å². The lowest BCUT2D eigenvalue weighted by atomic mass is 9.71. The molecule has 0 aliphatic carbocycles. The van der Waals surface area contributed by atoms with Crippen molar-refractivity contribution in [3.63, 3.8) is 0 Å². The number of benzene rings is 1. The van der Waals surface area contributed by atoms with E-state index in [0.717, 1.165) is 48.6 Å². The van der Waals surface area contributed by atoms with Crippen LogP contribution in [0.1, 0.15) is 146 Å². The van der Waals surface area contributed by atoms with Gasteiger partial charge in [-0.2, -0.15) is 0 Å². The van der Waals surface area contributed by atoms with Crippen LogP contribution in [0, 0.1) is 24.2 Å². The first-order chi connectivity index (χ1) is 26.2. The molecule has 0 N–H and O–H groups in total. The van der Waals surface area contributed by atoms with Gasteiger partial charge in [0.2, 0.25) is 0 Å². The summed E-state index contributed by atoms with van der Waals surface area (Å²) in [5, 5.41) is -0.0229. The van der Waals surface area contributed by atoms with Crippen LogP contribution in [-0.2, 0) is 22.9 Å². The average molecular weight is 856 g/mol. The molecule has 7 nitrogen and oxygen atoms in total. The van der Waals surface area contributed by atoms with Gasteiger partial charge < -0.3 is 22.5 Å². The van der Waals surface area contributed by atoms with Gasteiger partial charge in [0.25, 0.3) is 0 Å². The summed E-state index contributed by atoms with van der Waals surface area (Å²) < 4.78 is 27.1. The molecule has 58 heavy (non-hydrogen) atoms. The molecule has 1 aromatic heterocycles. The number of carbonyl (C=O) groups excluding carboxylic acids is 2. The summed E-state index contributed by atoms with van der Waals surface area (Å²) in [7, 11) is -6.68. The minimum absolute atomic E-state index is 0.0346. The van der Waals surface area contributed by atoms with Crippen molar-refractivity contribution in [1.82, 2.24) is 4.98 Å². The third-order valence-electron chi connectivity index (χ3n) is 14.0. The maximum atomic E-state index is 15.1. The Hall–Kier alpha value is -1.96. The molecule has 0 saturated carbocycles. The third-order valence-corrected chi connectivity index (χ3v) is 27.4. The van der Waals surface area contributed by atoms with E-state index in [1.165, 1.54) is 5.57 Å². The molecule has 2 aromatic rings. The van der Waals surface area contributed by atoms with Crippen LogP contribution < -0.4 is 0 Å². The van der Waals surface area contributed by atoms with E-state index in [1.807, 2.05) is 32.9 Å². The fourth-order valence-electron chi connectivity index (χ4n) is 6.75. The normalized spacial score (nSPS) is 16.9. The van der Waals surface area contributed by atoms with Crippen LogP contribution in [-0.4, -0.2) is 54.2 Å². The van der Waals surface area contributed by atoms with Gasteiger partial charge in [-0.25, -0.2) is 4.98 Å². The second kappa shape index (κ2) is 19.8. The Labute approximate surface area is 358 Å². The molecule has 1 aromatic carbocycles. The number of aromatic nitrogens is 1. The van der Waals surface area contributed by atoms with Gasteiger partial charge in [0, 0.05) is 24.7 Å². The maximum absolute atomic E-state index is 15.1. The molecule has 0 spiro atoms. The molecule has 5 atom stereocenters. The van der Waals surface area contributed by atoms with Gasteiger partial charge in [-0.15, -0.1) is 6.58 Å². The average Bonchev–Trinajstić information content (AvgIpc) is 3.45. The molecular weight excluding hydrogens is 771 g/mol. The fraction of sp³-hybridized carbons (Fsp3) is 0.729. The topological polar surface area (TPSA) is 87.9 Å². The van der Waals surface area contributed by atoms with E-state index in [0.29, 0.717) is 12.3 Å². The molecule has 0 bridgehead atoms. The highest BCUT2D eigenvalue weighted by molar-refractivity contribution is 6.75. The summed E-state index contributed by atoms with van der Waals surface area (Å²) in [5.41, 5.74) is 3.21. The third kappa shape index (κ3) is 13.5. The Morgan fingerprint density at radius 2 is 1.36 bits per heavy atom. The van der Waals surface area contributed by atoms with E-state index in [2.05, 4.69) is 145 Å². The summed E-state index contributed by atoms with van der Waals surface area (Å²) in [6, 6.07) is 6.27. The number of rotatable bonds is 22. The SMILES string of the molecule is C=CC[C@@H](C(=O)C(C)(C)[C@H](CC=O)O[Si](C)(C)C(C)(C)C)[C@@H](O[Si](C)(C)C(C)(C)C)[C@@H](C)CCC/C(C)=C/C[C@H](O[Si](C)(C)C(C)(C)C)c1ccc2oc(C)nc2c1. The van der Waals surface area contributed by atoms with Crippen LogP contribution >= 0.6 is 0 Å². The van der Waals surface area contributed by atoms with Crippen molar-refractivity contribution in [3.05, 3.63) is 54.0 Å². The molecule has 0 aliphatic heterocycles. The highest BCUT2D eigenvalue weighted by Gasteiger charge is 2.50. The highest BCUT2D eigenvalue weighted by Crippen LogP contribution is 2.45. The van der Waals surface area contributed by atoms with Gasteiger partial charge in [-0.1, -0.05) is 107 Å². The lowest BCUT2D eigenvalue weighted by molar-refractivity contribution is -0.141. The van der Waals surface area contributed by atoms with Gasteiger partial charge in [0.15, 0.2) is 36.4 Å². The molecule has 2 rings (SSSR count). The van der Waals surface area contributed by atoms with Crippen molar-refractivity contribution in [1.29, 1.82) is 0 Å². The number of ketones is 1. The van der Waals surface area contributed by atoms with E-state index < -0.39 is 42.4 Å². The standard InChI is InChI=1S/C48H85NO6Si3/c1-22-24-38(44(51)48(14,15)42(31-32-50)54-57(18,19)46(8,9)10)43(55-58(20,21)47(11,12)13)35(3)26-23-25-34(2)27-29-40(53-56(16,17)45(5,6)7)37-28-30-41-39(33-37)49-36(4)52-41/h22,27-28,30,32-33,35,38,40,42-43H,1,23-26,29,31H2,2-21H3/b34-27+/t35-,38+,40-,42-,43-/m0/s1. The van der Waals surface area contributed by atoms with Gasteiger partial charge in [-0.05, 0) is 117 Å². The van der Waals surface area contributed by atoms with Crippen LogP contribution in [0.5, 0.6) is 0 Å². The summed E-state index contributed by atoms with van der Waals surface area (Å²) in [4.78, 5) is 31.8. The number of hydrogen-bond donors (Lipinski definition) is 0. The minimum Gasteiger partial charge on any atom is -0.441 e. The Morgan fingerprint density at radius 1 is 0.828 bits per heavy atom. The molecular formula is C48H85NO6Si3. The fourth-order valence-corrected chi connectivity index (χ4v) is 10.9. The van der Waals surface area contributed by atoms with Crippen LogP contribution in [0.4, 0.5) is 0 Å². The summed E-state index contributed by atoms with van der Waals surface area (Å²) in [5.74, 6) is 0.461. The zero-order chi connectivity index (χ0) is 44.9. The molecule has 0 fully saturated rings. The number of oxazole rings is 1. The van der Waals surface area contributed by atoms with Gasteiger partial charge in [-0.3, -0.25) is 4.79 Å². The minimum atomic E-state index is -2.30. The number of nitrogens with zero attached hydrogens (tertiary/aromatic N) is 1. The molecule has 330 valence electrons. The Kier molecular flexibility index (Phi) is 17.8. The number of fused-ring (bicyclic) bond motifs is 1. The van der Waals surface area contributed by atoms with E-state index in [1.54, 1.807) is 0 Å². The predicted molar refractivity (Wildman–Crippen MR) is 253 cm³/mol. The number of aldehydes is 1. The quantitative estimate of drug-likeness (QED) is 0.0662. The smallest absolute Gasteiger partial charge is 0.192 e. The molecule has 0 saturated heterocycles. The van der Waals surface area contributed by atoms with Crippen LogP contribution in [0.3, 0.4) is 0 Å². The zero-order valence-corrected chi connectivity index (χ0v) is 43.7. The van der Waals surface area contributed by atoms with Crippen LogP contribution in [0.15, 0.2) is 46.9 Å². The Balaban J connectivity index is 2.43. The van der Waals surface area contributed by atoms with E-state index in [-0.39, 0.29) is 45.4 Å². The van der Waals surface area contributed by atoms with Gasteiger partial charge >= 0.3 is 0 Å². The second-order valence-corrected chi connectivity index (χ2v) is 36.6. The lowest BCUT2D eigenvalue weighted by Crippen LogP contribution is -2.54. The molecule has 0 amide bonds. The van der Waals surface area contributed by atoms with Crippen molar-refractivity contribution in [2.45, 2.75) is 208 Å². The van der Waals surface area contributed by atoms with Crippen molar-refractivity contribution < 1.29 is 27.3 Å². The van der Waals surface area contributed by atoms with Crippen molar-refractivity contribution in [2.75, 3.05) is 0 Å². The molecule has 0 aliphatic rings. The molecule has 10 heteroatoms. The first kappa shape index (κ1) is 52.2. The molecule has 0 unspecified atom stereocenters. The monoisotopic (exact) mass is 856 g/mol. The lowest BCUT2D eigenvalue weighted by Gasteiger charge is -2.47. The first-order valence-corrected chi connectivity index (χ1v) is 30.6. The number of Topliss-reactive ketones (excluding diaryl/α,β-unsaturated/α-hetero) is 1. The summed E-state index contributed by atoms with van der Waals surface area (Å²) >= 11 is 0. The molecule has 1 heterocycles. The van der Waals surface area contributed by atoms with Crippen molar-refractivity contribution in [3.8, 4) is 0 Å². The number of hydrogen-bond acceptors (Lipinski definition) is 7. The summed E-state index contributed by atoms with van der Waals surface area (Å²) in [6.45, 7) is 48.2. The second-order valence-electron chi connectivity index (χ2n) is 22.3. The number of carbonyl (C=O) groups is 2. The number of aryl methyl sites for hydroxylation is 1. The Morgan fingerprint density at radius 3 is 1.88 bits per heavy atom. The number of allylic oxidation sites excluding steroid dienone is 2. The van der Waals surface area contributed by atoms with E-state index in [4.69, 9.17) is 17.7 Å². The largest absolute Gasteiger partial charge is 0.441 e. The Bertz CT molecular complexity index is 1700. The predicted octanol–water partition coefficient (Wildman–Crippen LogP) is 14.5. The zero-order valence-electron chi connectivity index (χ0n) is 40.7. The van der Waals surface area contributed by atoms with Crippen molar-refractivity contribution >= 4 is 48.1 Å². The highest BCUT2D eigenvalue weighted by atomic mass is 28.4. The molecule has 0 radical (unpaired) electrons. The maximum Gasteiger partial charge on any atom is 0.192 e. The summed E-state index contributed by atoms with van der Waals surface area (Å²) in [6.07, 6.45) is 8.52. The van der Waals surface area contributed by atoms with E-state index in [9.17, 15) is 4.79 Å². The van der Waals surface area contributed by atoms with Crippen molar-refractivity contribution in [2.24, 2.45) is 17.3 Å². The van der Waals surface area contributed by atoms with Gasteiger partial charge in [0.1, 0.15) is 17.6 Å².